The molecule has 1 fully saturated rings. The molecule has 0 atom stereocenters. The molecule has 1 aromatic rings. The molecule has 7 heteroatoms. The molecule has 1 aliphatic heterocycles. The quantitative estimate of drug-likeness (QED) is 0.841. The number of carbonyl (C=O) groups excluding carboxylic acids is 2. The molecular weight excluding hydrogens is 285 g/mol. The Morgan fingerprint density at radius 2 is 2.10 bits per heavy atom. The second-order valence-corrected chi connectivity index (χ2v) is 5.03. The van der Waals surface area contributed by atoms with E-state index >= 15 is 0 Å². The Bertz CT molecular complexity index is 530. The van der Waals surface area contributed by atoms with E-state index in [4.69, 9.17) is 11.6 Å². The fourth-order valence-corrected chi connectivity index (χ4v) is 2.48. The molecule has 20 heavy (non-hydrogen) atoms. The van der Waals surface area contributed by atoms with Crippen LogP contribution < -0.4 is 5.32 Å². The van der Waals surface area contributed by atoms with Crippen molar-refractivity contribution >= 4 is 23.4 Å². The Labute approximate surface area is 121 Å². The van der Waals surface area contributed by atoms with Crippen LogP contribution in [-0.4, -0.2) is 41.8 Å². The zero-order chi connectivity index (χ0) is 14.7. The zero-order valence-corrected chi connectivity index (χ0v) is 11.8. The van der Waals surface area contributed by atoms with E-state index in [1.807, 2.05) is 0 Å². The van der Waals surface area contributed by atoms with E-state index in [-0.39, 0.29) is 28.4 Å². The number of piperidine rings is 1. The fourth-order valence-electron chi connectivity index (χ4n) is 2.29. The maximum Gasteiger partial charge on any atom is 0.257 e. The molecule has 0 bridgehead atoms. The summed E-state index contributed by atoms with van der Waals surface area (Å²) in [6, 6.07) is 1.09. The summed E-state index contributed by atoms with van der Waals surface area (Å²) < 4.78 is 13.1. The molecule has 0 aliphatic carbocycles. The van der Waals surface area contributed by atoms with Gasteiger partial charge in [0.05, 0.1) is 11.8 Å². The highest BCUT2D eigenvalue weighted by Crippen LogP contribution is 2.22. The predicted molar refractivity (Wildman–Crippen MR) is 71.9 cm³/mol. The number of pyridine rings is 1. The van der Waals surface area contributed by atoms with E-state index in [2.05, 4.69) is 10.3 Å². The van der Waals surface area contributed by atoms with E-state index in [0.29, 0.717) is 25.9 Å². The van der Waals surface area contributed by atoms with Gasteiger partial charge >= 0.3 is 0 Å². The molecular formula is C13H15ClFN3O2. The van der Waals surface area contributed by atoms with Crippen LogP contribution in [0.15, 0.2) is 12.3 Å². The van der Waals surface area contributed by atoms with E-state index < -0.39 is 5.82 Å². The summed E-state index contributed by atoms with van der Waals surface area (Å²) in [6.45, 7) is 0.896. The van der Waals surface area contributed by atoms with Gasteiger partial charge in [0.2, 0.25) is 5.91 Å². The van der Waals surface area contributed by atoms with Crippen LogP contribution in [0.1, 0.15) is 23.2 Å². The molecule has 1 saturated heterocycles. The Hall–Kier alpha value is -1.69. The summed E-state index contributed by atoms with van der Waals surface area (Å²) >= 11 is 5.82. The van der Waals surface area contributed by atoms with Gasteiger partial charge in [-0.25, -0.2) is 9.37 Å². The maximum absolute atomic E-state index is 13.1. The van der Waals surface area contributed by atoms with Crippen LogP contribution in [0.25, 0.3) is 0 Å². The number of aromatic nitrogens is 1. The van der Waals surface area contributed by atoms with Crippen molar-refractivity contribution in [1.29, 1.82) is 0 Å². The smallest absolute Gasteiger partial charge is 0.257 e. The van der Waals surface area contributed by atoms with Gasteiger partial charge in [0, 0.05) is 26.1 Å². The Morgan fingerprint density at radius 3 is 2.70 bits per heavy atom. The van der Waals surface area contributed by atoms with Gasteiger partial charge in [0.25, 0.3) is 5.91 Å². The predicted octanol–water partition coefficient (Wildman–Crippen LogP) is 1.47. The molecule has 2 amide bonds. The number of carbonyl (C=O) groups is 2. The van der Waals surface area contributed by atoms with Crippen LogP contribution >= 0.6 is 11.6 Å². The van der Waals surface area contributed by atoms with Gasteiger partial charge in [-0.05, 0) is 18.9 Å². The lowest BCUT2D eigenvalue weighted by molar-refractivity contribution is -0.125. The third-order valence-electron chi connectivity index (χ3n) is 3.44. The minimum Gasteiger partial charge on any atom is -0.359 e. The van der Waals surface area contributed by atoms with Gasteiger partial charge in [-0.3, -0.25) is 9.59 Å². The van der Waals surface area contributed by atoms with Gasteiger partial charge in [0.1, 0.15) is 11.0 Å². The summed E-state index contributed by atoms with van der Waals surface area (Å²) in [4.78, 5) is 29.0. The third kappa shape index (κ3) is 3.07. The second kappa shape index (κ2) is 6.17. The average molecular weight is 300 g/mol. The number of nitrogens with one attached hydrogen (secondary N) is 1. The van der Waals surface area contributed by atoms with Crippen LogP contribution in [0.2, 0.25) is 5.15 Å². The topological polar surface area (TPSA) is 62.3 Å². The standard InChI is InChI=1S/C13H15ClFN3O2/c1-16-12(19)8-2-4-18(5-3-8)13(20)10-6-9(15)7-17-11(10)14/h6-8H,2-5H2,1H3,(H,16,19). The largest absolute Gasteiger partial charge is 0.359 e. The van der Waals surface area contributed by atoms with E-state index in [1.165, 1.54) is 0 Å². The van der Waals surface area contributed by atoms with Crippen molar-refractivity contribution in [2.75, 3.05) is 20.1 Å². The van der Waals surface area contributed by atoms with E-state index in [1.54, 1.807) is 11.9 Å². The van der Waals surface area contributed by atoms with E-state index in [9.17, 15) is 14.0 Å². The van der Waals surface area contributed by atoms with Crippen LogP contribution in [0, 0.1) is 11.7 Å². The normalized spacial score (nSPS) is 16.1. The lowest BCUT2D eigenvalue weighted by atomic mass is 9.95. The van der Waals surface area contributed by atoms with Gasteiger partial charge in [-0.15, -0.1) is 0 Å². The van der Waals surface area contributed by atoms with Crippen LogP contribution in [0.3, 0.4) is 0 Å². The van der Waals surface area contributed by atoms with Crippen molar-refractivity contribution < 1.29 is 14.0 Å². The van der Waals surface area contributed by atoms with Crippen molar-refractivity contribution in [2.45, 2.75) is 12.8 Å². The van der Waals surface area contributed by atoms with Gasteiger partial charge < -0.3 is 10.2 Å². The van der Waals surface area contributed by atoms with Crippen molar-refractivity contribution in [2.24, 2.45) is 5.92 Å². The van der Waals surface area contributed by atoms with Crippen molar-refractivity contribution in [1.82, 2.24) is 15.2 Å². The lowest BCUT2D eigenvalue weighted by Gasteiger charge is -2.31. The SMILES string of the molecule is CNC(=O)C1CCN(C(=O)c2cc(F)cnc2Cl)CC1. The Morgan fingerprint density at radius 1 is 1.45 bits per heavy atom. The van der Waals surface area contributed by atoms with E-state index in [0.717, 1.165) is 12.3 Å². The summed E-state index contributed by atoms with van der Waals surface area (Å²) in [6.07, 6.45) is 2.15. The average Bonchev–Trinajstić information content (AvgIpc) is 2.48. The highest BCUT2D eigenvalue weighted by molar-refractivity contribution is 6.32. The van der Waals surface area contributed by atoms with Crippen LogP contribution in [0.4, 0.5) is 4.39 Å². The summed E-state index contributed by atoms with van der Waals surface area (Å²) in [5.74, 6) is -1.04. The summed E-state index contributed by atoms with van der Waals surface area (Å²) in [5.41, 5.74) is 0.0602. The first-order chi connectivity index (χ1) is 9.52. The van der Waals surface area contributed by atoms with Crippen LogP contribution in [-0.2, 0) is 4.79 Å². The van der Waals surface area contributed by atoms with Gasteiger partial charge in [-0.2, -0.15) is 0 Å². The monoisotopic (exact) mass is 299 g/mol. The molecule has 0 spiro atoms. The van der Waals surface area contributed by atoms with Crippen LogP contribution in [0.5, 0.6) is 0 Å². The highest BCUT2D eigenvalue weighted by Gasteiger charge is 2.28. The molecule has 0 radical (unpaired) electrons. The molecule has 1 aromatic heterocycles. The molecule has 2 rings (SSSR count). The Balaban J connectivity index is 2.05. The molecule has 0 aromatic carbocycles. The second-order valence-electron chi connectivity index (χ2n) is 4.67. The fraction of sp³-hybridized carbons (Fsp3) is 0.462. The zero-order valence-electron chi connectivity index (χ0n) is 11.0. The Kier molecular flexibility index (Phi) is 4.54. The molecule has 1 N–H and O–H groups in total. The molecule has 108 valence electrons. The first kappa shape index (κ1) is 14.7. The molecule has 0 saturated carbocycles. The third-order valence-corrected chi connectivity index (χ3v) is 3.74. The first-order valence-electron chi connectivity index (χ1n) is 6.35. The number of amides is 2. The van der Waals surface area contributed by atoms with Crippen molar-refractivity contribution in [3.63, 3.8) is 0 Å². The number of hydrogen-bond donors (Lipinski definition) is 1. The molecule has 1 aliphatic rings. The number of likely N-dealkylation sites (tertiary alicyclic amines) is 1. The molecule has 5 nitrogen and oxygen atoms in total. The number of halogens is 2. The van der Waals surface area contributed by atoms with Crippen molar-refractivity contribution in [3.05, 3.63) is 28.8 Å². The van der Waals surface area contributed by atoms with Crippen molar-refractivity contribution in [3.8, 4) is 0 Å². The number of rotatable bonds is 2. The minimum atomic E-state index is -0.599. The molecule has 0 unspecified atom stereocenters. The number of nitrogens with zero attached hydrogens (tertiary/aromatic N) is 2. The number of hydrogen-bond acceptors (Lipinski definition) is 3. The summed E-state index contributed by atoms with van der Waals surface area (Å²) in [7, 11) is 1.60. The lowest BCUT2D eigenvalue weighted by Crippen LogP contribution is -2.42. The van der Waals surface area contributed by atoms with Gasteiger partial charge in [0.15, 0.2) is 0 Å². The summed E-state index contributed by atoms with van der Waals surface area (Å²) in [5, 5.41) is 2.59. The maximum atomic E-state index is 13.1. The molecule has 2 heterocycles. The first-order valence-corrected chi connectivity index (χ1v) is 6.72. The van der Waals surface area contributed by atoms with Gasteiger partial charge in [-0.1, -0.05) is 11.6 Å². The minimum absolute atomic E-state index is 0.00942. The highest BCUT2D eigenvalue weighted by atomic mass is 35.5.